The number of aromatic nitrogens is 3. The zero-order valence-corrected chi connectivity index (χ0v) is 11.7. The van der Waals surface area contributed by atoms with E-state index in [1.807, 2.05) is 12.1 Å². The van der Waals surface area contributed by atoms with E-state index in [0.717, 1.165) is 37.1 Å². The number of carbonyl (C=O) groups excluding carboxylic acids is 1. The first-order valence-corrected chi connectivity index (χ1v) is 6.80. The third kappa shape index (κ3) is 2.14. The van der Waals surface area contributed by atoms with Crippen LogP contribution >= 0.6 is 0 Å². The second-order valence-electron chi connectivity index (χ2n) is 5.16. The molecule has 1 unspecified atom stereocenters. The first-order valence-electron chi connectivity index (χ1n) is 6.80. The Morgan fingerprint density at radius 2 is 2.20 bits per heavy atom. The number of hydrogen-bond acceptors (Lipinski definition) is 4. The van der Waals surface area contributed by atoms with Gasteiger partial charge in [0.25, 0.3) is 0 Å². The molecule has 1 aliphatic rings. The average molecular weight is 271 g/mol. The minimum atomic E-state index is -0.0909. The van der Waals surface area contributed by atoms with Gasteiger partial charge in [0.2, 0.25) is 0 Å². The van der Waals surface area contributed by atoms with Crippen molar-refractivity contribution in [2.24, 2.45) is 0 Å². The molecule has 0 bridgehead atoms. The first-order chi connectivity index (χ1) is 9.70. The second-order valence-corrected chi connectivity index (χ2v) is 5.16. The van der Waals surface area contributed by atoms with Crippen LogP contribution in [0.25, 0.3) is 5.69 Å². The molecule has 1 aliphatic heterocycles. The summed E-state index contributed by atoms with van der Waals surface area (Å²) in [6.45, 7) is 4.85. The van der Waals surface area contributed by atoms with Crippen LogP contribution in [0.3, 0.4) is 0 Å². The van der Waals surface area contributed by atoms with E-state index in [-0.39, 0.29) is 6.10 Å². The normalized spacial score (nSPS) is 18.4. The van der Waals surface area contributed by atoms with E-state index in [2.05, 4.69) is 30.2 Å². The van der Waals surface area contributed by atoms with Crippen LogP contribution in [0.1, 0.15) is 46.3 Å². The fourth-order valence-corrected chi connectivity index (χ4v) is 2.53. The highest BCUT2D eigenvalue weighted by atomic mass is 16.5. The summed E-state index contributed by atoms with van der Waals surface area (Å²) in [4.78, 5) is 11.2. The van der Waals surface area contributed by atoms with Gasteiger partial charge >= 0.3 is 0 Å². The zero-order valence-electron chi connectivity index (χ0n) is 11.7. The molecule has 0 saturated carbocycles. The molecule has 5 heteroatoms. The largest absolute Gasteiger partial charge is 0.372 e. The second kappa shape index (κ2) is 5.17. The van der Waals surface area contributed by atoms with Gasteiger partial charge in [-0.3, -0.25) is 4.79 Å². The molecule has 0 aliphatic carbocycles. The predicted octanol–water partition coefficient (Wildman–Crippen LogP) is 2.55. The summed E-state index contributed by atoms with van der Waals surface area (Å²) < 4.78 is 7.42. The summed E-state index contributed by atoms with van der Waals surface area (Å²) in [5.74, 6) is 0. The fourth-order valence-electron chi connectivity index (χ4n) is 2.53. The highest BCUT2D eigenvalue weighted by molar-refractivity contribution is 5.73. The van der Waals surface area contributed by atoms with Crippen molar-refractivity contribution in [3.8, 4) is 5.69 Å². The van der Waals surface area contributed by atoms with Crippen molar-refractivity contribution in [1.29, 1.82) is 0 Å². The van der Waals surface area contributed by atoms with E-state index in [0.29, 0.717) is 5.69 Å². The van der Waals surface area contributed by atoms with Crippen LogP contribution in [0, 0.1) is 13.8 Å². The Morgan fingerprint density at radius 3 is 2.85 bits per heavy atom. The highest BCUT2D eigenvalue weighted by Gasteiger charge is 2.27. The van der Waals surface area contributed by atoms with Crippen LogP contribution in [-0.4, -0.2) is 27.9 Å². The third-order valence-corrected chi connectivity index (χ3v) is 3.81. The molecule has 1 aromatic carbocycles. The molecule has 1 fully saturated rings. The van der Waals surface area contributed by atoms with E-state index >= 15 is 0 Å². The van der Waals surface area contributed by atoms with Gasteiger partial charge in [-0.25, -0.2) is 4.68 Å². The molecule has 0 radical (unpaired) electrons. The molecule has 104 valence electrons. The minimum absolute atomic E-state index is 0.0909. The number of ether oxygens (including phenoxy) is 1. The number of aldehydes is 1. The molecule has 0 amide bonds. The maximum Gasteiger partial charge on any atom is 0.172 e. The number of aryl methyl sites for hydroxylation is 2. The standard InChI is InChI=1S/C15H17N3O2/c1-10-5-6-12(8-11(10)2)18-15(13(9-19)16-17-18)14-4-3-7-20-14/h5-6,8-9,14H,3-4,7H2,1-2H3. The summed E-state index contributed by atoms with van der Waals surface area (Å²) in [6.07, 6.45) is 2.56. The monoisotopic (exact) mass is 271 g/mol. The minimum Gasteiger partial charge on any atom is -0.372 e. The van der Waals surface area contributed by atoms with Crippen LogP contribution in [0.5, 0.6) is 0 Å². The first kappa shape index (κ1) is 13.0. The van der Waals surface area contributed by atoms with Crippen molar-refractivity contribution in [2.45, 2.75) is 32.8 Å². The summed E-state index contributed by atoms with van der Waals surface area (Å²) in [6, 6.07) is 6.09. The topological polar surface area (TPSA) is 57.0 Å². The van der Waals surface area contributed by atoms with Crippen LogP contribution in [-0.2, 0) is 4.74 Å². The van der Waals surface area contributed by atoms with Gasteiger partial charge in [-0.05, 0) is 49.9 Å². The van der Waals surface area contributed by atoms with E-state index < -0.39 is 0 Å². The molecule has 0 N–H and O–H groups in total. The van der Waals surface area contributed by atoms with Gasteiger partial charge in [-0.2, -0.15) is 0 Å². The molecule has 20 heavy (non-hydrogen) atoms. The summed E-state index contributed by atoms with van der Waals surface area (Å²) in [5, 5.41) is 8.10. The number of benzene rings is 1. The summed E-state index contributed by atoms with van der Waals surface area (Å²) in [7, 11) is 0. The van der Waals surface area contributed by atoms with Crippen LogP contribution in [0.15, 0.2) is 18.2 Å². The van der Waals surface area contributed by atoms with Gasteiger partial charge in [0, 0.05) is 6.61 Å². The van der Waals surface area contributed by atoms with Crippen LogP contribution in [0.2, 0.25) is 0 Å². The van der Waals surface area contributed by atoms with Crippen molar-refractivity contribution >= 4 is 6.29 Å². The molecule has 1 atom stereocenters. The van der Waals surface area contributed by atoms with Crippen molar-refractivity contribution in [3.63, 3.8) is 0 Å². The van der Waals surface area contributed by atoms with Crippen LogP contribution < -0.4 is 0 Å². The van der Waals surface area contributed by atoms with Crippen molar-refractivity contribution < 1.29 is 9.53 Å². The molecule has 1 aromatic heterocycles. The average Bonchev–Trinajstić information content (AvgIpc) is 3.09. The number of nitrogens with zero attached hydrogens (tertiary/aromatic N) is 3. The van der Waals surface area contributed by atoms with Gasteiger partial charge in [0.15, 0.2) is 12.0 Å². The Kier molecular flexibility index (Phi) is 3.36. The molecule has 2 aromatic rings. The Bertz CT molecular complexity index is 643. The molecule has 0 spiro atoms. The molecule has 2 heterocycles. The molecule has 3 rings (SSSR count). The summed E-state index contributed by atoms with van der Waals surface area (Å²) >= 11 is 0. The van der Waals surface area contributed by atoms with Crippen molar-refractivity contribution in [1.82, 2.24) is 15.0 Å². The molecular formula is C15H17N3O2. The maximum atomic E-state index is 11.2. The molecule has 1 saturated heterocycles. The Morgan fingerprint density at radius 1 is 1.35 bits per heavy atom. The van der Waals surface area contributed by atoms with Crippen molar-refractivity contribution in [3.05, 3.63) is 40.7 Å². The lowest BCUT2D eigenvalue weighted by atomic mass is 10.1. The molecular weight excluding hydrogens is 254 g/mol. The van der Waals surface area contributed by atoms with Gasteiger partial charge < -0.3 is 4.74 Å². The number of hydrogen-bond donors (Lipinski definition) is 0. The smallest absolute Gasteiger partial charge is 0.172 e. The third-order valence-electron chi connectivity index (χ3n) is 3.81. The van der Waals surface area contributed by atoms with Crippen LogP contribution in [0.4, 0.5) is 0 Å². The van der Waals surface area contributed by atoms with Gasteiger partial charge in [0.05, 0.1) is 5.69 Å². The number of rotatable bonds is 3. The maximum absolute atomic E-state index is 11.2. The Labute approximate surface area is 117 Å². The van der Waals surface area contributed by atoms with E-state index in [4.69, 9.17) is 4.74 Å². The lowest BCUT2D eigenvalue weighted by Gasteiger charge is -2.13. The number of carbonyl (C=O) groups is 1. The Balaban J connectivity index is 2.10. The van der Waals surface area contributed by atoms with E-state index in [1.165, 1.54) is 11.1 Å². The van der Waals surface area contributed by atoms with Gasteiger partial charge in [-0.1, -0.05) is 11.3 Å². The Hall–Kier alpha value is -2.01. The van der Waals surface area contributed by atoms with Gasteiger partial charge in [-0.15, -0.1) is 5.10 Å². The highest BCUT2D eigenvalue weighted by Crippen LogP contribution is 2.31. The fraction of sp³-hybridized carbons (Fsp3) is 0.400. The van der Waals surface area contributed by atoms with Crippen molar-refractivity contribution in [2.75, 3.05) is 6.61 Å². The molecule has 5 nitrogen and oxygen atoms in total. The SMILES string of the molecule is Cc1ccc(-n2nnc(C=O)c2C2CCCO2)cc1C. The summed E-state index contributed by atoms with van der Waals surface area (Å²) in [5.41, 5.74) is 4.46. The quantitative estimate of drug-likeness (QED) is 0.805. The predicted molar refractivity (Wildman–Crippen MR) is 74.1 cm³/mol. The lowest BCUT2D eigenvalue weighted by Crippen LogP contribution is -2.09. The van der Waals surface area contributed by atoms with E-state index in [9.17, 15) is 4.79 Å². The zero-order chi connectivity index (χ0) is 14.1. The van der Waals surface area contributed by atoms with E-state index in [1.54, 1.807) is 4.68 Å². The van der Waals surface area contributed by atoms with Gasteiger partial charge in [0.1, 0.15) is 11.8 Å². The lowest BCUT2D eigenvalue weighted by molar-refractivity contribution is 0.102.